The van der Waals surface area contributed by atoms with E-state index >= 15 is 0 Å². The number of aromatic carboxylic acids is 1. The van der Waals surface area contributed by atoms with Gasteiger partial charge in [-0.05, 0) is 37.1 Å². The second-order valence-corrected chi connectivity index (χ2v) is 4.87. The van der Waals surface area contributed by atoms with E-state index in [9.17, 15) is 18.8 Å². The Morgan fingerprint density at radius 2 is 1.78 bits per heavy atom. The third-order valence-corrected chi connectivity index (χ3v) is 3.28. The highest BCUT2D eigenvalue weighted by molar-refractivity contribution is 5.86. The van der Waals surface area contributed by atoms with Gasteiger partial charge in [-0.2, -0.15) is 0 Å². The first kappa shape index (κ1) is 16.6. The Bertz CT molecular complexity index is 823. The van der Waals surface area contributed by atoms with Gasteiger partial charge in [0.05, 0.1) is 5.69 Å². The highest BCUT2D eigenvalue weighted by Gasteiger charge is 2.17. The molecule has 1 aromatic carbocycles. The van der Waals surface area contributed by atoms with Gasteiger partial charge in [0.2, 0.25) is 0 Å². The molecule has 0 bridgehead atoms. The minimum atomic E-state index is -1.46. The largest absolute Gasteiger partial charge is 0.477 e. The highest BCUT2D eigenvalue weighted by Crippen LogP contribution is 2.06. The Hall–Kier alpha value is -2.74. The van der Waals surface area contributed by atoms with E-state index in [2.05, 4.69) is 0 Å². The first-order chi connectivity index (χ1) is 11.0. The second-order valence-electron chi connectivity index (χ2n) is 4.87. The summed E-state index contributed by atoms with van der Waals surface area (Å²) < 4.78 is 14.8. The van der Waals surface area contributed by atoms with Crippen molar-refractivity contribution in [2.75, 3.05) is 6.61 Å². The van der Waals surface area contributed by atoms with Gasteiger partial charge in [-0.1, -0.05) is 0 Å². The molecule has 0 amide bonds. The molecule has 0 saturated heterocycles. The smallest absolute Gasteiger partial charge is 0.342 e. The van der Waals surface area contributed by atoms with E-state index in [0.717, 1.165) is 22.9 Å². The summed E-state index contributed by atoms with van der Waals surface area (Å²) in [6.45, 7) is 0.0965. The van der Waals surface area contributed by atoms with Crippen molar-refractivity contribution in [3.8, 4) is 5.69 Å². The van der Waals surface area contributed by atoms with Crippen LogP contribution in [-0.4, -0.2) is 31.9 Å². The molecule has 0 saturated carbocycles. The zero-order valence-corrected chi connectivity index (χ0v) is 12.1. The lowest BCUT2D eigenvalue weighted by Crippen LogP contribution is -2.41. The maximum Gasteiger partial charge on any atom is 0.342 e. The summed E-state index contributed by atoms with van der Waals surface area (Å²) >= 11 is 0. The molecule has 1 aromatic heterocycles. The third-order valence-electron chi connectivity index (χ3n) is 3.28. The minimum absolute atomic E-state index is 0.0574. The van der Waals surface area contributed by atoms with Crippen molar-refractivity contribution in [2.45, 2.75) is 19.4 Å². The average molecular weight is 322 g/mol. The minimum Gasteiger partial charge on any atom is -0.477 e. The van der Waals surface area contributed by atoms with E-state index in [1.807, 2.05) is 0 Å². The van der Waals surface area contributed by atoms with Crippen molar-refractivity contribution >= 4 is 5.97 Å². The molecule has 8 heteroatoms. The Morgan fingerprint density at radius 1 is 1.13 bits per heavy atom. The van der Waals surface area contributed by atoms with Gasteiger partial charge in [-0.25, -0.2) is 18.5 Å². The lowest BCUT2D eigenvalue weighted by atomic mass is 10.2. The van der Waals surface area contributed by atoms with Gasteiger partial charge < -0.3 is 10.2 Å². The molecule has 122 valence electrons. The molecule has 0 fully saturated rings. The van der Waals surface area contributed by atoms with Crippen LogP contribution in [0.4, 0.5) is 4.39 Å². The predicted molar refractivity (Wildman–Crippen MR) is 79.5 cm³/mol. The van der Waals surface area contributed by atoms with Gasteiger partial charge in [0, 0.05) is 19.3 Å². The number of halogens is 1. The lowest BCUT2D eigenvalue weighted by molar-refractivity contribution is 0.0693. The summed E-state index contributed by atoms with van der Waals surface area (Å²) in [4.78, 5) is 35.9. The fourth-order valence-electron chi connectivity index (χ4n) is 2.12. The zero-order chi connectivity index (χ0) is 17.0. The number of aliphatic hydroxyl groups is 1. The predicted octanol–water partition coefficient (Wildman–Crippen LogP) is 0.609. The topological polar surface area (TPSA) is 102 Å². The molecule has 2 aromatic rings. The van der Waals surface area contributed by atoms with Crippen LogP contribution >= 0.6 is 0 Å². The number of carbonyl (C=O) groups is 1. The number of carboxylic acids is 1. The number of benzene rings is 1. The summed E-state index contributed by atoms with van der Waals surface area (Å²) in [6, 6.07) is 4.60. The van der Waals surface area contributed by atoms with Gasteiger partial charge >= 0.3 is 11.7 Å². The highest BCUT2D eigenvalue weighted by atomic mass is 19.1. The number of aromatic nitrogens is 2. The molecule has 0 aliphatic heterocycles. The molecule has 0 aliphatic carbocycles. The second kappa shape index (κ2) is 7.01. The molecule has 7 nitrogen and oxygen atoms in total. The Balaban J connectivity index is 2.63. The van der Waals surface area contributed by atoms with Crippen LogP contribution in [0.3, 0.4) is 0 Å². The van der Waals surface area contributed by atoms with E-state index in [4.69, 9.17) is 10.2 Å². The van der Waals surface area contributed by atoms with E-state index in [1.165, 1.54) is 12.1 Å². The van der Waals surface area contributed by atoms with Crippen molar-refractivity contribution in [1.82, 2.24) is 9.13 Å². The molecule has 23 heavy (non-hydrogen) atoms. The molecule has 2 rings (SSSR count). The van der Waals surface area contributed by atoms with Gasteiger partial charge in [-0.15, -0.1) is 0 Å². The van der Waals surface area contributed by atoms with Gasteiger partial charge in [-0.3, -0.25) is 9.36 Å². The quantitative estimate of drug-likeness (QED) is 0.759. The monoisotopic (exact) mass is 322 g/mol. The summed E-state index contributed by atoms with van der Waals surface area (Å²) in [5, 5.41) is 17.9. The van der Waals surface area contributed by atoms with Crippen molar-refractivity contribution in [1.29, 1.82) is 0 Å². The molecular formula is C15H15FN2O5. The van der Waals surface area contributed by atoms with Crippen LogP contribution in [0, 0.1) is 5.82 Å². The fourth-order valence-corrected chi connectivity index (χ4v) is 2.12. The Morgan fingerprint density at radius 3 is 2.35 bits per heavy atom. The standard InChI is InChI=1S/C15H15FN2O5/c16-10-3-5-11(6-4-10)18-13(20)12(14(21)22)9-17(15(18)23)7-1-2-8-19/h3-6,9,19H,1-2,7-8H2,(H,21,22). The van der Waals surface area contributed by atoms with E-state index in [-0.39, 0.29) is 18.8 Å². The molecule has 2 N–H and O–H groups in total. The summed E-state index contributed by atoms with van der Waals surface area (Å²) in [5.74, 6) is -2.00. The number of unbranched alkanes of at least 4 members (excludes halogenated alkanes) is 1. The molecular weight excluding hydrogens is 307 g/mol. The zero-order valence-electron chi connectivity index (χ0n) is 12.1. The maximum atomic E-state index is 13.0. The van der Waals surface area contributed by atoms with Crippen molar-refractivity contribution < 1.29 is 19.4 Å². The van der Waals surface area contributed by atoms with E-state index < -0.39 is 28.6 Å². The van der Waals surface area contributed by atoms with Gasteiger partial charge in [0.25, 0.3) is 5.56 Å². The van der Waals surface area contributed by atoms with Crippen LogP contribution in [0.15, 0.2) is 40.1 Å². The first-order valence-corrected chi connectivity index (χ1v) is 6.92. The number of rotatable bonds is 6. The van der Waals surface area contributed by atoms with Crippen LogP contribution < -0.4 is 11.2 Å². The van der Waals surface area contributed by atoms with Crippen LogP contribution in [0.25, 0.3) is 5.69 Å². The molecule has 0 spiro atoms. The van der Waals surface area contributed by atoms with Gasteiger partial charge in [0.15, 0.2) is 0 Å². The number of aryl methyl sites for hydroxylation is 1. The summed E-state index contributed by atoms with van der Waals surface area (Å²) in [5.41, 5.74) is -2.17. The summed E-state index contributed by atoms with van der Waals surface area (Å²) in [7, 11) is 0. The molecule has 0 aliphatic rings. The lowest BCUT2D eigenvalue weighted by Gasteiger charge is -2.11. The van der Waals surface area contributed by atoms with Crippen molar-refractivity contribution in [3.05, 3.63) is 62.7 Å². The van der Waals surface area contributed by atoms with E-state index in [0.29, 0.717) is 17.4 Å². The van der Waals surface area contributed by atoms with Gasteiger partial charge in [0.1, 0.15) is 11.4 Å². The molecule has 0 radical (unpaired) electrons. The normalized spacial score (nSPS) is 10.7. The Labute approximate surface area is 129 Å². The summed E-state index contributed by atoms with van der Waals surface area (Å²) in [6.07, 6.45) is 1.87. The SMILES string of the molecule is O=C(O)c1cn(CCCCO)c(=O)n(-c2ccc(F)cc2)c1=O. The first-order valence-electron chi connectivity index (χ1n) is 6.92. The number of carboxylic acid groups (broad SMARTS) is 1. The fraction of sp³-hybridized carbons (Fsp3) is 0.267. The average Bonchev–Trinajstić information content (AvgIpc) is 2.51. The third kappa shape index (κ3) is 3.54. The number of nitrogens with zero attached hydrogens (tertiary/aromatic N) is 2. The van der Waals surface area contributed by atoms with Crippen LogP contribution in [0.1, 0.15) is 23.2 Å². The van der Waals surface area contributed by atoms with Crippen LogP contribution in [0.2, 0.25) is 0 Å². The Kier molecular flexibility index (Phi) is 5.07. The van der Waals surface area contributed by atoms with Crippen molar-refractivity contribution in [3.63, 3.8) is 0 Å². The molecule has 0 atom stereocenters. The molecule has 0 unspecified atom stereocenters. The van der Waals surface area contributed by atoms with Crippen LogP contribution in [-0.2, 0) is 6.54 Å². The van der Waals surface area contributed by atoms with E-state index in [1.54, 1.807) is 0 Å². The maximum absolute atomic E-state index is 13.0. The van der Waals surface area contributed by atoms with Crippen molar-refractivity contribution in [2.24, 2.45) is 0 Å². The number of hydrogen-bond donors (Lipinski definition) is 2. The van der Waals surface area contributed by atoms with Crippen LogP contribution in [0.5, 0.6) is 0 Å². The number of aliphatic hydroxyl groups excluding tert-OH is 1. The molecule has 1 heterocycles. The number of hydrogen-bond acceptors (Lipinski definition) is 4.